The van der Waals surface area contributed by atoms with Crippen molar-refractivity contribution in [2.24, 2.45) is 0 Å². The lowest BCUT2D eigenvalue weighted by molar-refractivity contribution is -0.137. The molecule has 24 heavy (non-hydrogen) atoms. The van der Waals surface area contributed by atoms with Gasteiger partial charge in [0.1, 0.15) is 0 Å². The summed E-state index contributed by atoms with van der Waals surface area (Å²) in [5, 5.41) is 0.586. The summed E-state index contributed by atoms with van der Waals surface area (Å²) in [4.78, 5) is 12.0. The van der Waals surface area contributed by atoms with Crippen LogP contribution in [-0.4, -0.2) is 26.8 Å². The van der Waals surface area contributed by atoms with Crippen LogP contribution in [0.5, 0.6) is 11.5 Å². The van der Waals surface area contributed by atoms with Gasteiger partial charge < -0.3 is 14.2 Å². The third kappa shape index (κ3) is 4.30. The Labute approximate surface area is 146 Å². The fourth-order valence-electron chi connectivity index (χ4n) is 2.29. The maximum atomic E-state index is 12.0. The van der Waals surface area contributed by atoms with E-state index < -0.39 is 5.97 Å². The summed E-state index contributed by atoms with van der Waals surface area (Å²) in [6, 6.07) is 12.7. The van der Waals surface area contributed by atoms with E-state index in [1.807, 2.05) is 24.3 Å². The summed E-state index contributed by atoms with van der Waals surface area (Å²) >= 11 is 6.09. The van der Waals surface area contributed by atoms with E-state index in [1.165, 1.54) is 6.08 Å². The van der Waals surface area contributed by atoms with E-state index in [1.54, 1.807) is 39.3 Å². The molecular formula is C19H19ClO4. The van der Waals surface area contributed by atoms with Crippen molar-refractivity contribution in [1.29, 1.82) is 0 Å². The molecule has 2 aromatic carbocycles. The summed E-state index contributed by atoms with van der Waals surface area (Å²) in [6.07, 6.45) is 1.45. The minimum Gasteiger partial charge on any atom is -0.493 e. The molecule has 2 aromatic rings. The highest BCUT2D eigenvalue weighted by atomic mass is 35.5. The lowest BCUT2D eigenvalue weighted by Gasteiger charge is -2.13. The maximum absolute atomic E-state index is 12.0. The Hall–Kier alpha value is -2.46. The topological polar surface area (TPSA) is 44.8 Å². The van der Waals surface area contributed by atoms with E-state index in [0.29, 0.717) is 28.7 Å². The summed E-state index contributed by atoms with van der Waals surface area (Å²) in [6.45, 7) is 2.07. The van der Waals surface area contributed by atoms with Crippen molar-refractivity contribution in [2.75, 3.05) is 20.8 Å². The van der Waals surface area contributed by atoms with Crippen LogP contribution in [-0.2, 0) is 9.53 Å². The van der Waals surface area contributed by atoms with E-state index >= 15 is 0 Å². The zero-order valence-corrected chi connectivity index (χ0v) is 14.6. The highest BCUT2D eigenvalue weighted by molar-refractivity contribution is 6.30. The van der Waals surface area contributed by atoms with Crippen molar-refractivity contribution < 1.29 is 19.0 Å². The predicted octanol–water partition coefficient (Wildman–Crippen LogP) is 4.35. The second-order valence-corrected chi connectivity index (χ2v) is 5.33. The number of carbonyl (C=O) groups is 1. The maximum Gasteiger partial charge on any atom is 0.331 e. The molecule has 0 aliphatic carbocycles. The first-order chi connectivity index (χ1) is 11.6. The Morgan fingerprint density at radius 3 is 2.38 bits per heavy atom. The fourth-order valence-corrected chi connectivity index (χ4v) is 2.49. The first-order valence-electron chi connectivity index (χ1n) is 7.45. The molecule has 2 rings (SSSR count). The standard InChI is InChI=1S/C19H19ClO4/c1-4-24-19(21)12-16(13-6-5-7-15(20)10-13)14-8-9-17(22-2)18(11-14)23-3/h5-12H,4H2,1-3H3/b16-12-. The minimum absolute atomic E-state index is 0.310. The highest BCUT2D eigenvalue weighted by Crippen LogP contribution is 2.33. The van der Waals surface area contributed by atoms with Gasteiger partial charge in [-0.2, -0.15) is 0 Å². The molecule has 0 saturated heterocycles. The molecule has 4 nitrogen and oxygen atoms in total. The van der Waals surface area contributed by atoms with Gasteiger partial charge in [-0.25, -0.2) is 4.79 Å². The summed E-state index contributed by atoms with van der Waals surface area (Å²) in [5.41, 5.74) is 2.29. The van der Waals surface area contributed by atoms with Crippen LogP contribution in [0.15, 0.2) is 48.5 Å². The van der Waals surface area contributed by atoms with Crippen molar-refractivity contribution in [3.05, 3.63) is 64.7 Å². The molecule has 0 atom stereocenters. The number of halogens is 1. The summed E-state index contributed by atoms with van der Waals surface area (Å²) in [7, 11) is 3.14. The molecule has 0 aliphatic rings. The quantitative estimate of drug-likeness (QED) is 0.576. The molecule has 0 radical (unpaired) electrons. The second-order valence-electron chi connectivity index (χ2n) is 4.89. The number of ether oxygens (including phenoxy) is 3. The monoisotopic (exact) mass is 346 g/mol. The Morgan fingerprint density at radius 2 is 1.75 bits per heavy atom. The first kappa shape index (κ1) is 17.9. The molecule has 0 saturated carbocycles. The number of carbonyl (C=O) groups excluding carboxylic acids is 1. The molecule has 126 valence electrons. The van der Waals surface area contributed by atoms with E-state index in [-0.39, 0.29) is 0 Å². The Morgan fingerprint density at radius 1 is 1.04 bits per heavy atom. The smallest absolute Gasteiger partial charge is 0.331 e. The Balaban J connectivity index is 2.56. The number of esters is 1. The SMILES string of the molecule is CCOC(=O)/C=C(/c1cccc(Cl)c1)c1ccc(OC)c(OC)c1. The molecule has 0 bridgehead atoms. The van der Waals surface area contributed by atoms with Gasteiger partial charge >= 0.3 is 5.97 Å². The van der Waals surface area contributed by atoms with Crippen LogP contribution in [0.4, 0.5) is 0 Å². The molecule has 0 fully saturated rings. The molecular weight excluding hydrogens is 328 g/mol. The third-order valence-corrected chi connectivity index (χ3v) is 3.61. The number of hydrogen-bond acceptors (Lipinski definition) is 4. The zero-order chi connectivity index (χ0) is 17.5. The van der Waals surface area contributed by atoms with Crippen LogP contribution in [0, 0.1) is 0 Å². The average Bonchev–Trinajstić information content (AvgIpc) is 2.59. The largest absolute Gasteiger partial charge is 0.493 e. The van der Waals surface area contributed by atoms with E-state index in [9.17, 15) is 4.79 Å². The van der Waals surface area contributed by atoms with Crippen LogP contribution in [0.3, 0.4) is 0 Å². The zero-order valence-electron chi connectivity index (χ0n) is 13.8. The van der Waals surface area contributed by atoms with Gasteiger partial charge in [-0.15, -0.1) is 0 Å². The summed E-state index contributed by atoms with van der Waals surface area (Å²) < 4.78 is 15.6. The Bertz CT molecular complexity index is 753. The lowest BCUT2D eigenvalue weighted by Crippen LogP contribution is -2.02. The summed E-state index contributed by atoms with van der Waals surface area (Å²) in [5.74, 6) is 0.775. The molecule has 5 heteroatoms. The Kier molecular flexibility index (Phi) is 6.27. The van der Waals surface area contributed by atoms with Crippen molar-refractivity contribution in [3.8, 4) is 11.5 Å². The van der Waals surface area contributed by atoms with Gasteiger partial charge in [0, 0.05) is 11.1 Å². The molecule has 0 aliphatic heterocycles. The number of methoxy groups -OCH3 is 2. The number of benzene rings is 2. The number of hydrogen-bond donors (Lipinski definition) is 0. The average molecular weight is 347 g/mol. The van der Waals surface area contributed by atoms with Gasteiger partial charge in [0.25, 0.3) is 0 Å². The van der Waals surface area contributed by atoms with Crippen LogP contribution >= 0.6 is 11.6 Å². The van der Waals surface area contributed by atoms with Gasteiger partial charge in [0.15, 0.2) is 11.5 Å². The van der Waals surface area contributed by atoms with Crippen LogP contribution < -0.4 is 9.47 Å². The fraction of sp³-hybridized carbons (Fsp3) is 0.211. The number of rotatable bonds is 6. The van der Waals surface area contributed by atoms with Crippen LogP contribution in [0.1, 0.15) is 18.1 Å². The third-order valence-electron chi connectivity index (χ3n) is 3.38. The normalized spacial score (nSPS) is 11.1. The highest BCUT2D eigenvalue weighted by Gasteiger charge is 2.12. The van der Waals surface area contributed by atoms with Crippen molar-refractivity contribution in [1.82, 2.24) is 0 Å². The molecule has 0 unspecified atom stereocenters. The molecule has 0 heterocycles. The van der Waals surface area contributed by atoms with Crippen molar-refractivity contribution in [2.45, 2.75) is 6.92 Å². The molecule has 0 aromatic heterocycles. The predicted molar refractivity (Wildman–Crippen MR) is 94.7 cm³/mol. The van der Waals surface area contributed by atoms with E-state index in [2.05, 4.69) is 0 Å². The second kappa shape index (κ2) is 8.41. The lowest BCUT2D eigenvalue weighted by atomic mass is 9.97. The van der Waals surface area contributed by atoms with Crippen LogP contribution in [0.2, 0.25) is 5.02 Å². The minimum atomic E-state index is -0.415. The van der Waals surface area contributed by atoms with Gasteiger partial charge in [-0.3, -0.25) is 0 Å². The van der Waals surface area contributed by atoms with Crippen molar-refractivity contribution in [3.63, 3.8) is 0 Å². The van der Waals surface area contributed by atoms with Gasteiger partial charge in [0.05, 0.1) is 20.8 Å². The van der Waals surface area contributed by atoms with Gasteiger partial charge in [-0.05, 0) is 47.9 Å². The van der Waals surface area contributed by atoms with E-state index in [0.717, 1.165) is 11.1 Å². The molecule has 0 N–H and O–H groups in total. The van der Waals surface area contributed by atoms with Crippen molar-refractivity contribution >= 4 is 23.1 Å². The van der Waals surface area contributed by atoms with E-state index in [4.69, 9.17) is 25.8 Å². The van der Waals surface area contributed by atoms with Gasteiger partial charge in [-0.1, -0.05) is 29.8 Å². The first-order valence-corrected chi connectivity index (χ1v) is 7.83. The molecule has 0 amide bonds. The van der Waals surface area contributed by atoms with Crippen LogP contribution in [0.25, 0.3) is 5.57 Å². The molecule has 0 spiro atoms. The van der Waals surface area contributed by atoms with Gasteiger partial charge in [0.2, 0.25) is 0 Å².